The quantitative estimate of drug-likeness (QED) is 0.662. The van der Waals surface area contributed by atoms with Crippen molar-refractivity contribution in [2.24, 2.45) is 0 Å². The van der Waals surface area contributed by atoms with Crippen molar-refractivity contribution in [3.63, 3.8) is 0 Å². The average Bonchev–Trinajstić information content (AvgIpc) is 3.00. The van der Waals surface area contributed by atoms with E-state index in [4.69, 9.17) is 16.3 Å². The number of likely N-dealkylation sites (tertiary alicyclic amines) is 1. The molecule has 6 nitrogen and oxygen atoms in total. The highest BCUT2D eigenvalue weighted by Crippen LogP contribution is 2.23. The molecular formula is C22H28ClN3O3. The fourth-order valence-electron chi connectivity index (χ4n) is 3.79. The van der Waals surface area contributed by atoms with Gasteiger partial charge >= 0.3 is 5.97 Å². The highest BCUT2D eigenvalue weighted by atomic mass is 35.5. The van der Waals surface area contributed by atoms with Gasteiger partial charge in [0.15, 0.2) is 6.61 Å². The molecule has 7 heteroatoms. The van der Waals surface area contributed by atoms with Gasteiger partial charge in [-0.3, -0.25) is 4.79 Å². The van der Waals surface area contributed by atoms with Crippen LogP contribution in [-0.4, -0.2) is 45.8 Å². The summed E-state index contributed by atoms with van der Waals surface area (Å²) in [4.78, 5) is 27.0. The first kappa shape index (κ1) is 21.4. The third kappa shape index (κ3) is 4.99. The SMILES string of the molecule is CC[C@@H]1CCCCN1C(=O)COC(=O)c1c(C)nn(Cc2ccc(C)cc2)c1Cl. The Kier molecular flexibility index (Phi) is 6.96. The van der Waals surface area contributed by atoms with E-state index in [1.165, 1.54) is 5.56 Å². The topological polar surface area (TPSA) is 64.4 Å². The van der Waals surface area contributed by atoms with Gasteiger partial charge < -0.3 is 9.64 Å². The summed E-state index contributed by atoms with van der Waals surface area (Å²) in [5, 5.41) is 4.61. The summed E-state index contributed by atoms with van der Waals surface area (Å²) in [5.74, 6) is -0.758. The molecule has 1 fully saturated rings. The predicted octanol–water partition coefficient (Wildman–Crippen LogP) is 4.15. The third-order valence-electron chi connectivity index (χ3n) is 5.47. The summed E-state index contributed by atoms with van der Waals surface area (Å²) >= 11 is 6.42. The molecule has 1 aliphatic heterocycles. The number of ether oxygens (including phenoxy) is 1. The molecule has 3 rings (SSSR count). The number of piperidine rings is 1. The van der Waals surface area contributed by atoms with E-state index in [0.29, 0.717) is 12.2 Å². The number of esters is 1. The minimum Gasteiger partial charge on any atom is -0.452 e. The van der Waals surface area contributed by atoms with E-state index in [0.717, 1.165) is 37.8 Å². The highest BCUT2D eigenvalue weighted by molar-refractivity contribution is 6.32. The number of benzene rings is 1. The number of carbonyl (C=O) groups excluding carboxylic acids is 2. The summed E-state index contributed by atoms with van der Waals surface area (Å²) in [6.07, 6.45) is 4.05. The van der Waals surface area contributed by atoms with Crippen LogP contribution in [0.25, 0.3) is 0 Å². The van der Waals surface area contributed by atoms with Crippen molar-refractivity contribution in [1.29, 1.82) is 0 Å². The lowest BCUT2D eigenvalue weighted by Gasteiger charge is -2.35. The van der Waals surface area contributed by atoms with Gasteiger partial charge in [0.25, 0.3) is 5.91 Å². The minimum absolute atomic E-state index is 0.147. The third-order valence-corrected chi connectivity index (χ3v) is 5.85. The predicted molar refractivity (Wildman–Crippen MR) is 112 cm³/mol. The number of aromatic nitrogens is 2. The lowest BCUT2D eigenvalue weighted by molar-refractivity contribution is -0.138. The molecule has 0 N–H and O–H groups in total. The van der Waals surface area contributed by atoms with Crippen molar-refractivity contribution in [2.45, 2.75) is 59.0 Å². The number of rotatable bonds is 6. The van der Waals surface area contributed by atoms with Crippen LogP contribution < -0.4 is 0 Å². The molecule has 0 bridgehead atoms. The van der Waals surface area contributed by atoms with Gasteiger partial charge in [0, 0.05) is 12.6 Å². The normalized spacial score (nSPS) is 16.7. The maximum absolute atomic E-state index is 12.6. The van der Waals surface area contributed by atoms with E-state index >= 15 is 0 Å². The zero-order valence-electron chi connectivity index (χ0n) is 17.3. The molecule has 1 saturated heterocycles. The Hall–Kier alpha value is -2.34. The van der Waals surface area contributed by atoms with Crippen molar-refractivity contribution in [3.05, 3.63) is 51.8 Å². The second-order valence-corrected chi connectivity index (χ2v) is 7.97. The Morgan fingerprint density at radius 1 is 1.21 bits per heavy atom. The maximum Gasteiger partial charge on any atom is 0.343 e. The zero-order chi connectivity index (χ0) is 21.0. The van der Waals surface area contributed by atoms with Crippen LogP contribution in [0.3, 0.4) is 0 Å². The van der Waals surface area contributed by atoms with E-state index in [1.54, 1.807) is 11.6 Å². The molecule has 1 aromatic heterocycles. The van der Waals surface area contributed by atoms with Crippen LogP contribution in [-0.2, 0) is 16.1 Å². The Morgan fingerprint density at radius 2 is 1.93 bits per heavy atom. The molecule has 1 aromatic carbocycles. The number of nitrogens with zero attached hydrogens (tertiary/aromatic N) is 3. The van der Waals surface area contributed by atoms with Crippen LogP contribution in [0, 0.1) is 13.8 Å². The fourth-order valence-corrected chi connectivity index (χ4v) is 4.10. The summed E-state index contributed by atoms with van der Waals surface area (Å²) in [5.41, 5.74) is 2.91. The van der Waals surface area contributed by atoms with Crippen LogP contribution in [0.15, 0.2) is 24.3 Å². The van der Waals surface area contributed by atoms with Crippen LogP contribution in [0.4, 0.5) is 0 Å². The molecule has 29 heavy (non-hydrogen) atoms. The smallest absolute Gasteiger partial charge is 0.343 e. The van der Waals surface area contributed by atoms with E-state index in [1.807, 2.05) is 36.1 Å². The van der Waals surface area contributed by atoms with Gasteiger partial charge in [-0.1, -0.05) is 48.4 Å². The van der Waals surface area contributed by atoms with Crippen LogP contribution >= 0.6 is 11.6 Å². The molecular weight excluding hydrogens is 390 g/mol. The number of carbonyl (C=O) groups is 2. The van der Waals surface area contributed by atoms with E-state index in [2.05, 4.69) is 12.0 Å². The average molecular weight is 418 g/mol. The van der Waals surface area contributed by atoms with E-state index in [9.17, 15) is 9.59 Å². The summed E-state index contributed by atoms with van der Waals surface area (Å²) < 4.78 is 6.89. The largest absolute Gasteiger partial charge is 0.452 e. The molecule has 1 amide bonds. The van der Waals surface area contributed by atoms with Gasteiger partial charge in [0.2, 0.25) is 0 Å². The van der Waals surface area contributed by atoms with Gasteiger partial charge in [0.05, 0.1) is 12.2 Å². The zero-order valence-corrected chi connectivity index (χ0v) is 18.0. The fraction of sp³-hybridized carbons (Fsp3) is 0.500. The molecule has 1 atom stereocenters. The number of aryl methyl sites for hydroxylation is 2. The van der Waals surface area contributed by atoms with Crippen LogP contribution in [0.5, 0.6) is 0 Å². The molecule has 0 saturated carbocycles. The molecule has 1 aliphatic rings. The Labute approximate surface area is 176 Å². The molecule has 0 unspecified atom stereocenters. The second-order valence-electron chi connectivity index (χ2n) is 7.62. The van der Waals surface area contributed by atoms with E-state index in [-0.39, 0.29) is 29.3 Å². The molecule has 2 heterocycles. The highest BCUT2D eigenvalue weighted by Gasteiger charge is 2.27. The van der Waals surface area contributed by atoms with Crippen molar-refractivity contribution < 1.29 is 14.3 Å². The van der Waals surface area contributed by atoms with Gasteiger partial charge in [-0.2, -0.15) is 5.10 Å². The lowest BCUT2D eigenvalue weighted by Crippen LogP contribution is -2.45. The van der Waals surface area contributed by atoms with Crippen molar-refractivity contribution in [2.75, 3.05) is 13.2 Å². The van der Waals surface area contributed by atoms with Gasteiger partial charge in [-0.05, 0) is 45.1 Å². The lowest BCUT2D eigenvalue weighted by atomic mass is 10.00. The van der Waals surface area contributed by atoms with Crippen molar-refractivity contribution in [3.8, 4) is 0 Å². The van der Waals surface area contributed by atoms with Crippen LogP contribution in [0.2, 0.25) is 5.15 Å². The molecule has 0 aliphatic carbocycles. The Balaban J connectivity index is 1.65. The van der Waals surface area contributed by atoms with Crippen molar-refractivity contribution >= 4 is 23.5 Å². The molecule has 2 aromatic rings. The molecule has 156 valence electrons. The number of halogens is 1. The minimum atomic E-state index is -0.610. The molecule has 0 spiro atoms. The molecule has 0 radical (unpaired) electrons. The maximum atomic E-state index is 12.6. The Bertz CT molecular complexity index is 876. The summed E-state index contributed by atoms with van der Waals surface area (Å²) in [6, 6.07) is 8.27. The number of hydrogen-bond acceptors (Lipinski definition) is 4. The number of hydrogen-bond donors (Lipinski definition) is 0. The van der Waals surface area contributed by atoms with Crippen LogP contribution in [0.1, 0.15) is 59.8 Å². The second kappa shape index (κ2) is 9.44. The first-order chi connectivity index (χ1) is 13.9. The van der Waals surface area contributed by atoms with E-state index < -0.39 is 5.97 Å². The summed E-state index contributed by atoms with van der Waals surface area (Å²) in [7, 11) is 0. The standard InChI is InChI=1S/C22H28ClN3O3/c1-4-18-7-5-6-12-25(18)19(27)14-29-22(28)20-16(3)24-26(21(20)23)13-17-10-8-15(2)9-11-17/h8-11,18H,4-7,12-14H2,1-3H3/t18-/m1/s1. The Morgan fingerprint density at radius 3 is 2.62 bits per heavy atom. The number of amides is 1. The van der Waals surface area contributed by atoms with Crippen molar-refractivity contribution in [1.82, 2.24) is 14.7 Å². The summed E-state index contributed by atoms with van der Waals surface area (Å²) in [6.45, 7) is 6.73. The monoisotopic (exact) mass is 417 g/mol. The van der Waals surface area contributed by atoms with Gasteiger partial charge in [-0.15, -0.1) is 0 Å². The first-order valence-corrected chi connectivity index (χ1v) is 10.5. The van der Waals surface area contributed by atoms with Gasteiger partial charge in [-0.25, -0.2) is 9.48 Å². The first-order valence-electron chi connectivity index (χ1n) is 10.2. The van der Waals surface area contributed by atoms with Gasteiger partial charge in [0.1, 0.15) is 10.7 Å².